The molecule has 0 amide bonds. The van der Waals surface area contributed by atoms with Gasteiger partial charge < -0.3 is 0 Å². The highest BCUT2D eigenvalue weighted by molar-refractivity contribution is 7.95. The van der Waals surface area contributed by atoms with Crippen molar-refractivity contribution in [2.75, 3.05) is 0 Å². The molecule has 0 radical (unpaired) electrons. The zero-order chi connectivity index (χ0) is 30.7. The molecule has 0 saturated heterocycles. The van der Waals surface area contributed by atoms with E-state index in [2.05, 4.69) is 9.05 Å². The summed E-state index contributed by atoms with van der Waals surface area (Å²) in [5.41, 5.74) is -0.364. The Labute approximate surface area is 240 Å². The number of allylic oxidation sites excluding steroid dienone is 2. The molecule has 16 heteroatoms. The van der Waals surface area contributed by atoms with Crippen LogP contribution in [0, 0.1) is 0 Å². The summed E-state index contributed by atoms with van der Waals surface area (Å²) in [4.78, 5) is -2.80. The molecular weight excluding hydrogens is 642 g/mol. The lowest BCUT2D eigenvalue weighted by Gasteiger charge is -2.27. The van der Waals surface area contributed by atoms with Crippen molar-refractivity contribution < 1.29 is 48.0 Å². The molecule has 2 aromatic carbocycles. The lowest BCUT2D eigenvalue weighted by Crippen LogP contribution is -2.37. The van der Waals surface area contributed by atoms with Crippen molar-refractivity contribution in [2.45, 2.75) is 60.5 Å². The van der Waals surface area contributed by atoms with Gasteiger partial charge in [0.25, 0.3) is 0 Å². The molecular formula is C24H25Cl2F4O7PS2. The zero-order valence-electron chi connectivity index (χ0n) is 21.4. The number of alkyl halides is 6. The van der Waals surface area contributed by atoms with Crippen LogP contribution in [0.25, 0.3) is 0 Å². The molecule has 0 fully saturated rings. The molecule has 222 valence electrons. The second-order valence-corrected chi connectivity index (χ2v) is 14.3. The van der Waals surface area contributed by atoms with Crippen LogP contribution < -0.4 is 0 Å². The van der Waals surface area contributed by atoms with E-state index < -0.39 is 60.7 Å². The Morgan fingerprint density at radius 2 is 0.950 bits per heavy atom. The van der Waals surface area contributed by atoms with Crippen LogP contribution in [0.1, 0.15) is 27.7 Å². The molecule has 2 unspecified atom stereocenters. The van der Waals surface area contributed by atoms with Gasteiger partial charge >= 0.3 is 20.5 Å². The van der Waals surface area contributed by atoms with Crippen LogP contribution in [0.15, 0.2) is 91.4 Å². The minimum absolute atomic E-state index is 0.182. The molecule has 7 nitrogen and oxygen atoms in total. The highest BCUT2D eigenvalue weighted by Gasteiger charge is 2.52. The van der Waals surface area contributed by atoms with Gasteiger partial charge in [0, 0.05) is 0 Å². The maximum Gasteiger partial charge on any atom is 0.383 e. The first-order valence-corrected chi connectivity index (χ1v) is 16.2. The molecule has 0 spiro atoms. The molecule has 2 rings (SSSR count). The summed E-state index contributed by atoms with van der Waals surface area (Å²) in [6.45, 7) is 4.67. The normalized spacial score (nSPS) is 15.2. The van der Waals surface area contributed by atoms with Crippen LogP contribution in [0.2, 0.25) is 0 Å². The molecule has 0 aliphatic heterocycles. The van der Waals surface area contributed by atoms with Gasteiger partial charge in [-0.25, -0.2) is 25.9 Å². The molecule has 0 aromatic heterocycles. The van der Waals surface area contributed by atoms with Crippen molar-refractivity contribution in [3.8, 4) is 0 Å². The van der Waals surface area contributed by atoms with Gasteiger partial charge in [0.2, 0.25) is 19.7 Å². The molecule has 0 saturated carbocycles. The SMILES string of the molecule is CC(C)=C(C(Cl)C(F)(F)O[PH](=O)OC(F)(F)C(Cl)C(=C(C)C)S(=O)(=O)c1ccccc1)S(=O)(=O)c1ccccc1. The van der Waals surface area contributed by atoms with Crippen molar-refractivity contribution in [3.05, 3.63) is 81.6 Å². The Morgan fingerprint density at radius 3 is 1.20 bits per heavy atom. The van der Waals surface area contributed by atoms with Gasteiger partial charge in [-0.3, -0.25) is 4.57 Å². The van der Waals surface area contributed by atoms with Crippen molar-refractivity contribution in [3.63, 3.8) is 0 Å². The van der Waals surface area contributed by atoms with E-state index in [9.17, 15) is 39.0 Å². The van der Waals surface area contributed by atoms with Crippen molar-refractivity contribution in [1.29, 1.82) is 0 Å². The summed E-state index contributed by atoms with van der Waals surface area (Å²) in [7, 11) is -14.1. The van der Waals surface area contributed by atoms with E-state index in [1.54, 1.807) is 0 Å². The quantitative estimate of drug-likeness (QED) is 0.133. The Kier molecular flexibility index (Phi) is 11.3. The summed E-state index contributed by atoms with van der Waals surface area (Å²) in [5.74, 6) is 0. The first kappa shape index (κ1) is 34.5. The third-order valence-corrected chi connectivity index (χ3v) is 11.5. The molecule has 0 aliphatic carbocycles. The zero-order valence-corrected chi connectivity index (χ0v) is 25.5. The van der Waals surface area contributed by atoms with E-state index in [0.29, 0.717) is 0 Å². The highest BCUT2D eigenvalue weighted by atomic mass is 35.5. The molecule has 2 atom stereocenters. The first-order valence-electron chi connectivity index (χ1n) is 11.2. The van der Waals surface area contributed by atoms with E-state index in [4.69, 9.17) is 23.2 Å². The average Bonchev–Trinajstić information content (AvgIpc) is 2.83. The Balaban J connectivity index is 2.34. The number of sulfone groups is 2. The number of benzene rings is 2. The van der Waals surface area contributed by atoms with Crippen molar-refractivity contribution in [2.24, 2.45) is 0 Å². The van der Waals surface area contributed by atoms with Crippen molar-refractivity contribution >= 4 is 51.1 Å². The summed E-state index contributed by atoms with van der Waals surface area (Å²) < 4.78 is 132. The summed E-state index contributed by atoms with van der Waals surface area (Å²) in [5, 5.41) is -5.63. The lowest BCUT2D eigenvalue weighted by atomic mass is 10.2. The molecule has 0 N–H and O–H groups in total. The molecule has 0 aliphatic rings. The number of rotatable bonds is 12. The maximum atomic E-state index is 14.9. The van der Waals surface area contributed by atoms with Crippen LogP contribution in [-0.4, -0.2) is 39.8 Å². The van der Waals surface area contributed by atoms with Crippen LogP contribution >= 0.6 is 31.5 Å². The van der Waals surface area contributed by atoms with E-state index in [-0.39, 0.29) is 20.9 Å². The maximum absolute atomic E-state index is 14.9. The Bertz CT molecular complexity index is 1400. The molecule has 2 aromatic rings. The fraction of sp³-hybridized carbons (Fsp3) is 0.333. The van der Waals surface area contributed by atoms with Gasteiger partial charge in [-0.15, -0.1) is 23.2 Å². The third kappa shape index (κ3) is 7.76. The highest BCUT2D eigenvalue weighted by Crippen LogP contribution is 2.48. The molecule has 40 heavy (non-hydrogen) atoms. The summed E-state index contributed by atoms with van der Waals surface area (Å²) >= 11 is 11.5. The van der Waals surface area contributed by atoms with Crippen LogP contribution in [-0.2, 0) is 33.3 Å². The van der Waals surface area contributed by atoms with Gasteiger partial charge in [-0.1, -0.05) is 47.5 Å². The molecule has 0 bridgehead atoms. The minimum Gasteiger partial charge on any atom is -0.263 e. The van der Waals surface area contributed by atoms with Gasteiger partial charge in [0.05, 0.1) is 19.6 Å². The van der Waals surface area contributed by atoms with Crippen LogP contribution in [0.4, 0.5) is 17.6 Å². The number of hydrogen-bond donors (Lipinski definition) is 0. The Morgan fingerprint density at radius 1 is 0.675 bits per heavy atom. The standard InChI is InChI=1S/C24H25Cl2F4O7PS2/c1-15(2)19(39(32,33)17-11-7-5-8-12-17)21(25)23(27,28)36-38(31)37-24(29,30)22(26)20(16(3)4)40(34,35)18-13-9-6-10-14-18/h5-14,21-22,38H,1-4H3. The van der Waals surface area contributed by atoms with Crippen LogP contribution in [0.3, 0.4) is 0 Å². The fourth-order valence-electron chi connectivity index (χ4n) is 3.42. The van der Waals surface area contributed by atoms with E-state index in [0.717, 1.165) is 24.3 Å². The second-order valence-electron chi connectivity index (χ2n) is 8.66. The van der Waals surface area contributed by atoms with Gasteiger partial charge in [0.1, 0.15) is 0 Å². The minimum atomic E-state index is -4.88. The summed E-state index contributed by atoms with van der Waals surface area (Å²) in [6.07, 6.45) is -9.61. The van der Waals surface area contributed by atoms with Crippen LogP contribution in [0.5, 0.6) is 0 Å². The monoisotopic (exact) mass is 666 g/mol. The smallest absolute Gasteiger partial charge is 0.263 e. The molecule has 0 heterocycles. The van der Waals surface area contributed by atoms with Gasteiger partial charge in [-0.05, 0) is 52.0 Å². The topological polar surface area (TPSA) is 104 Å². The van der Waals surface area contributed by atoms with Gasteiger partial charge in [-0.2, -0.15) is 17.6 Å². The average molecular weight is 667 g/mol. The lowest BCUT2D eigenvalue weighted by molar-refractivity contribution is -0.204. The summed E-state index contributed by atoms with van der Waals surface area (Å²) in [6, 6.07) is 12.8. The Hall–Kier alpha value is -1.73. The van der Waals surface area contributed by atoms with Gasteiger partial charge in [0.15, 0.2) is 10.8 Å². The predicted octanol–water partition coefficient (Wildman–Crippen LogP) is 7.35. The second kappa shape index (κ2) is 13.1. The number of hydrogen-bond acceptors (Lipinski definition) is 7. The van der Waals surface area contributed by atoms with E-state index >= 15 is 0 Å². The van der Waals surface area contributed by atoms with Crippen molar-refractivity contribution in [1.82, 2.24) is 0 Å². The van der Waals surface area contributed by atoms with E-state index in [1.807, 2.05) is 0 Å². The fourth-order valence-corrected chi connectivity index (χ4v) is 8.96. The predicted molar refractivity (Wildman–Crippen MR) is 144 cm³/mol. The largest absolute Gasteiger partial charge is 0.383 e. The third-order valence-electron chi connectivity index (χ3n) is 5.16. The first-order chi connectivity index (χ1) is 18.3. The number of halogens is 6. The van der Waals surface area contributed by atoms with E-state index in [1.165, 1.54) is 64.1 Å².